The third-order valence-corrected chi connectivity index (χ3v) is 2.22. The SMILES string of the molecule is OCCSCCC1CO1. The van der Waals surface area contributed by atoms with E-state index in [2.05, 4.69) is 0 Å². The third kappa shape index (κ3) is 3.78. The average molecular weight is 148 g/mol. The Morgan fingerprint density at radius 2 is 2.33 bits per heavy atom. The van der Waals surface area contributed by atoms with E-state index in [1.165, 1.54) is 0 Å². The Morgan fingerprint density at radius 1 is 1.56 bits per heavy atom. The Hall–Kier alpha value is 0.270. The summed E-state index contributed by atoms with van der Waals surface area (Å²) in [4.78, 5) is 0. The van der Waals surface area contributed by atoms with Gasteiger partial charge in [-0.2, -0.15) is 11.8 Å². The number of epoxide rings is 1. The fourth-order valence-corrected chi connectivity index (χ4v) is 1.38. The maximum Gasteiger partial charge on any atom is 0.0817 e. The summed E-state index contributed by atoms with van der Waals surface area (Å²) in [6, 6.07) is 0. The zero-order valence-electron chi connectivity index (χ0n) is 5.38. The number of ether oxygens (including phenoxy) is 1. The standard InChI is InChI=1S/C6H12O2S/c7-2-4-9-3-1-6-5-8-6/h6-7H,1-5H2. The molecule has 1 heterocycles. The molecule has 1 atom stereocenters. The largest absolute Gasteiger partial charge is 0.396 e. The molecule has 1 unspecified atom stereocenters. The van der Waals surface area contributed by atoms with Crippen LogP contribution in [-0.2, 0) is 4.74 Å². The van der Waals surface area contributed by atoms with Crippen molar-refractivity contribution >= 4 is 11.8 Å². The summed E-state index contributed by atoms with van der Waals surface area (Å²) in [6.07, 6.45) is 1.71. The van der Waals surface area contributed by atoms with Crippen molar-refractivity contribution in [3.63, 3.8) is 0 Å². The maximum atomic E-state index is 8.40. The van der Waals surface area contributed by atoms with Gasteiger partial charge < -0.3 is 9.84 Å². The summed E-state index contributed by atoms with van der Waals surface area (Å²) in [5, 5.41) is 8.40. The van der Waals surface area contributed by atoms with Gasteiger partial charge in [0.1, 0.15) is 0 Å². The molecule has 1 aliphatic rings. The van der Waals surface area contributed by atoms with Gasteiger partial charge in [-0.1, -0.05) is 0 Å². The van der Waals surface area contributed by atoms with Crippen molar-refractivity contribution < 1.29 is 9.84 Å². The molecule has 1 N–H and O–H groups in total. The first kappa shape index (κ1) is 7.38. The van der Waals surface area contributed by atoms with Crippen molar-refractivity contribution in [3.05, 3.63) is 0 Å². The second-order valence-corrected chi connectivity index (χ2v) is 3.30. The van der Waals surface area contributed by atoms with Crippen LogP contribution in [0.15, 0.2) is 0 Å². The highest BCUT2D eigenvalue weighted by Gasteiger charge is 2.20. The van der Waals surface area contributed by atoms with Crippen molar-refractivity contribution in [1.29, 1.82) is 0 Å². The third-order valence-electron chi connectivity index (χ3n) is 1.22. The van der Waals surface area contributed by atoms with Crippen molar-refractivity contribution in [2.24, 2.45) is 0 Å². The molecule has 0 amide bonds. The molecule has 0 aromatic rings. The number of thioether (sulfide) groups is 1. The van der Waals surface area contributed by atoms with E-state index in [9.17, 15) is 0 Å². The Morgan fingerprint density at radius 3 is 2.89 bits per heavy atom. The van der Waals surface area contributed by atoms with Crippen LogP contribution in [0.4, 0.5) is 0 Å². The van der Waals surface area contributed by atoms with E-state index in [0.717, 1.165) is 24.5 Å². The van der Waals surface area contributed by atoms with Gasteiger partial charge in [0.25, 0.3) is 0 Å². The molecule has 1 fully saturated rings. The van der Waals surface area contributed by atoms with Crippen molar-refractivity contribution in [1.82, 2.24) is 0 Å². The Kier molecular flexibility index (Phi) is 3.40. The fraction of sp³-hybridized carbons (Fsp3) is 1.00. The summed E-state index contributed by atoms with van der Waals surface area (Å²) in [5.41, 5.74) is 0. The quantitative estimate of drug-likeness (QED) is 0.455. The molecule has 3 heteroatoms. The second kappa shape index (κ2) is 4.14. The molecule has 9 heavy (non-hydrogen) atoms. The van der Waals surface area contributed by atoms with Gasteiger partial charge in [-0.05, 0) is 12.2 Å². The topological polar surface area (TPSA) is 32.8 Å². The first-order chi connectivity index (χ1) is 4.43. The Balaban J connectivity index is 1.71. The van der Waals surface area contributed by atoms with E-state index in [4.69, 9.17) is 9.84 Å². The van der Waals surface area contributed by atoms with Crippen LogP contribution in [0.2, 0.25) is 0 Å². The van der Waals surface area contributed by atoms with Gasteiger partial charge in [-0.3, -0.25) is 0 Å². The highest BCUT2D eigenvalue weighted by molar-refractivity contribution is 7.99. The van der Waals surface area contributed by atoms with Crippen LogP contribution in [0.1, 0.15) is 6.42 Å². The van der Waals surface area contributed by atoms with E-state index in [1.807, 2.05) is 0 Å². The van der Waals surface area contributed by atoms with Crippen molar-refractivity contribution in [2.75, 3.05) is 24.7 Å². The minimum absolute atomic E-state index is 0.302. The van der Waals surface area contributed by atoms with Crippen molar-refractivity contribution in [3.8, 4) is 0 Å². The summed E-state index contributed by atoms with van der Waals surface area (Å²) in [5.74, 6) is 2.00. The molecule has 0 bridgehead atoms. The highest BCUT2D eigenvalue weighted by atomic mass is 32.2. The summed E-state index contributed by atoms with van der Waals surface area (Å²) in [6.45, 7) is 1.26. The van der Waals surface area contributed by atoms with Gasteiger partial charge in [0, 0.05) is 5.75 Å². The van der Waals surface area contributed by atoms with Gasteiger partial charge in [0.05, 0.1) is 19.3 Å². The zero-order chi connectivity index (χ0) is 6.53. The predicted octanol–water partition coefficient (Wildman–Crippen LogP) is 0.501. The van der Waals surface area contributed by atoms with Crippen LogP contribution in [0.3, 0.4) is 0 Å². The summed E-state index contributed by atoms with van der Waals surface area (Å²) in [7, 11) is 0. The van der Waals surface area contributed by atoms with Gasteiger partial charge in [0.15, 0.2) is 0 Å². The van der Waals surface area contributed by atoms with E-state index < -0.39 is 0 Å². The van der Waals surface area contributed by atoms with E-state index in [1.54, 1.807) is 11.8 Å². The second-order valence-electron chi connectivity index (χ2n) is 2.08. The van der Waals surface area contributed by atoms with Crippen LogP contribution in [0.25, 0.3) is 0 Å². The van der Waals surface area contributed by atoms with E-state index >= 15 is 0 Å². The fourth-order valence-electron chi connectivity index (χ4n) is 0.616. The average Bonchev–Trinajstić information content (AvgIpc) is 2.63. The highest BCUT2D eigenvalue weighted by Crippen LogP contribution is 2.16. The van der Waals surface area contributed by atoms with E-state index in [-0.39, 0.29) is 0 Å². The Labute approximate surface area is 59.6 Å². The molecule has 0 aromatic carbocycles. The van der Waals surface area contributed by atoms with Crippen LogP contribution < -0.4 is 0 Å². The van der Waals surface area contributed by atoms with Crippen LogP contribution in [0, 0.1) is 0 Å². The van der Waals surface area contributed by atoms with Gasteiger partial charge in [0.2, 0.25) is 0 Å². The number of hydrogen-bond donors (Lipinski definition) is 1. The molecular formula is C6H12O2S. The number of aliphatic hydroxyl groups excluding tert-OH is 1. The van der Waals surface area contributed by atoms with Crippen LogP contribution in [0.5, 0.6) is 0 Å². The van der Waals surface area contributed by atoms with Crippen LogP contribution >= 0.6 is 11.8 Å². The minimum Gasteiger partial charge on any atom is -0.396 e. The molecule has 1 saturated heterocycles. The van der Waals surface area contributed by atoms with Crippen molar-refractivity contribution in [2.45, 2.75) is 12.5 Å². The lowest BCUT2D eigenvalue weighted by Crippen LogP contribution is -1.92. The molecule has 2 nitrogen and oxygen atoms in total. The molecule has 1 aliphatic heterocycles. The predicted molar refractivity (Wildman–Crippen MR) is 38.8 cm³/mol. The smallest absolute Gasteiger partial charge is 0.0817 e. The minimum atomic E-state index is 0.302. The first-order valence-electron chi connectivity index (χ1n) is 3.23. The maximum absolute atomic E-state index is 8.40. The molecule has 0 saturated carbocycles. The molecular weight excluding hydrogens is 136 g/mol. The molecule has 0 aromatic heterocycles. The molecule has 0 spiro atoms. The summed E-state index contributed by atoms with van der Waals surface area (Å²) >= 11 is 1.79. The van der Waals surface area contributed by atoms with Gasteiger partial charge in [-0.15, -0.1) is 0 Å². The zero-order valence-corrected chi connectivity index (χ0v) is 6.19. The number of aliphatic hydroxyl groups is 1. The summed E-state index contributed by atoms with van der Waals surface area (Å²) < 4.78 is 5.01. The number of hydrogen-bond acceptors (Lipinski definition) is 3. The molecule has 0 aliphatic carbocycles. The Bertz CT molecular complexity index is 73.5. The normalized spacial score (nSPS) is 24.3. The lowest BCUT2D eigenvalue weighted by molar-refractivity contribution is 0.322. The molecule has 1 rings (SSSR count). The van der Waals surface area contributed by atoms with Crippen LogP contribution in [-0.4, -0.2) is 35.9 Å². The van der Waals surface area contributed by atoms with Gasteiger partial charge in [-0.25, -0.2) is 0 Å². The first-order valence-corrected chi connectivity index (χ1v) is 4.39. The number of rotatable bonds is 5. The lowest BCUT2D eigenvalue weighted by Gasteiger charge is -1.94. The monoisotopic (exact) mass is 148 g/mol. The molecule has 0 radical (unpaired) electrons. The molecule has 54 valence electrons. The van der Waals surface area contributed by atoms with Gasteiger partial charge >= 0.3 is 0 Å². The van der Waals surface area contributed by atoms with E-state index in [0.29, 0.717) is 12.7 Å². The lowest BCUT2D eigenvalue weighted by atomic mass is 10.4.